The quantitative estimate of drug-likeness (QED) is 0.622. The van der Waals surface area contributed by atoms with E-state index < -0.39 is 0 Å². The summed E-state index contributed by atoms with van der Waals surface area (Å²) in [5, 5.41) is 3.66. The fraction of sp³-hybridized carbons (Fsp3) is 0.647. The van der Waals surface area contributed by atoms with Crippen molar-refractivity contribution in [3.8, 4) is 0 Å². The molecule has 0 aliphatic carbocycles. The van der Waals surface area contributed by atoms with Gasteiger partial charge in [0.1, 0.15) is 0 Å². The van der Waals surface area contributed by atoms with Gasteiger partial charge in [0.2, 0.25) is 0 Å². The zero-order valence-corrected chi connectivity index (χ0v) is 14.0. The summed E-state index contributed by atoms with van der Waals surface area (Å²) in [6.07, 6.45) is 3.42. The van der Waals surface area contributed by atoms with Crippen molar-refractivity contribution in [2.24, 2.45) is 0 Å². The zero-order chi connectivity index (χ0) is 14.6. The van der Waals surface area contributed by atoms with Gasteiger partial charge in [-0.3, -0.25) is 0 Å². The third-order valence-corrected chi connectivity index (χ3v) is 4.50. The lowest BCUT2D eigenvalue weighted by molar-refractivity contribution is 0.200. The van der Waals surface area contributed by atoms with Crippen molar-refractivity contribution in [2.45, 2.75) is 39.2 Å². The Labute approximate surface area is 128 Å². The minimum absolute atomic E-state index is 0.466. The van der Waals surface area contributed by atoms with Crippen LogP contribution in [0.4, 0.5) is 0 Å². The van der Waals surface area contributed by atoms with Crippen molar-refractivity contribution in [1.82, 2.24) is 5.32 Å². The molecule has 20 heavy (non-hydrogen) atoms. The number of ether oxygens (including phenoxy) is 1. The number of thioether (sulfide) groups is 1. The second-order valence-corrected chi connectivity index (χ2v) is 6.17. The van der Waals surface area contributed by atoms with Gasteiger partial charge in [0.25, 0.3) is 0 Å². The Morgan fingerprint density at radius 2 is 1.95 bits per heavy atom. The summed E-state index contributed by atoms with van der Waals surface area (Å²) in [4.78, 5) is 0. The van der Waals surface area contributed by atoms with E-state index in [1.54, 1.807) is 7.11 Å². The van der Waals surface area contributed by atoms with Gasteiger partial charge < -0.3 is 10.1 Å². The highest BCUT2D eigenvalue weighted by molar-refractivity contribution is 7.99. The molecule has 0 spiro atoms. The summed E-state index contributed by atoms with van der Waals surface area (Å²) in [5.74, 6) is 2.31. The molecule has 1 N–H and O–H groups in total. The molecule has 3 heteroatoms. The molecule has 0 bridgehead atoms. The lowest BCUT2D eigenvalue weighted by Crippen LogP contribution is -2.24. The molecule has 1 aromatic carbocycles. The van der Waals surface area contributed by atoms with Crippen molar-refractivity contribution in [3.63, 3.8) is 0 Å². The number of methoxy groups -OCH3 is 1. The molecule has 0 aliphatic heterocycles. The van der Waals surface area contributed by atoms with Crippen molar-refractivity contribution in [3.05, 3.63) is 35.4 Å². The van der Waals surface area contributed by atoms with Gasteiger partial charge in [0.05, 0.1) is 0 Å². The molecule has 1 atom stereocenters. The van der Waals surface area contributed by atoms with E-state index in [2.05, 4.69) is 43.4 Å². The summed E-state index contributed by atoms with van der Waals surface area (Å²) < 4.78 is 5.09. The average molecular weight is 295 g/mol. The van der Waals surface area contributed by atoms with Crippen molar-refractivity contribution in [2.75, 3.05) is 31.8 Å². The lowest BCUT2D eigenvalue weighted by Gasteiger charge is -2.19. The standard InChI is InChI=1S/C17H29NOS/c1-4-11-18-17(14-20-13-6-12-19-3)16-9-7-15(5-2)8-10-16/h7-10,17-18H,4-6,11-14H2,1-3H3. The topological polar surface area (TPSA) is 21.3 Å². The van der Waals surface area contributed by atoms with Gasteiger partial charge in [0, 0.05) is 25.5 Å². The van der Waals surface area contributed by atoms with E-state index >= 15 is 0 Å². The molecule has 0 heterocycles. The summed E-state index contributed by atoms with van der Waals surface area (Å²) in [6.45, 7) is 6.37. The SMILES string of the molecule is CCCNC(CSCCCOC)c1ccc(CC)cc1. The second-order valence-electron chi connectivity index (χ2n) is 5.02. The molecule has 1 rings (SSSR count). The minimum atomic E-state index is 0.466. The van der Waals surface area contributed by atoms with E-state index in [0.717, 1.165) is 31.7 Å². The maximum atomic E-state index is 5.09. The predicted octanol–water partition coefficient (Wildman–Crippen LogP) is 4.06. The highest BCUT2D eigenvalue weighted by atomic mass is 32.2. The molecular formula is C17H29NOS. The second kappa shape index (κ2) is 11.2. The van der Waals surface area contributed by atoms with Crippen LogP contribution in [-0.4, -0.2) is 31.8 Å². The highest BCUT2D eigenvalue weighted by Crippen LogP contribution is 2.20. The van der Waals surface area contributed by atoms with Crippen LogP contribution in [0.5, 0.6) is 0 Å². The van der Waals surface area contributed by atoms with Gasteiger partial charge in [-0.15, -0.1) is 0 Å². The minimum Gasteiger partial charge on any atom is -0.385 e. The molecule has 1 unspecified atom stereocenters. The molecule has 0 radical (unpaired) electrons. The third kappa shape index (κ3) is 6.78. The first-order valence-corrected chi connectivity index (χ1v) is 8.86. The van der Waals surface area contributed by atoms with E-state index in [9.17, 15) is 0 Å². The Morgan fingerprint density at radius 1 is 1.20 bits per heavy atom. The molecule has 2 nitrogen and oxygen atoms in total. The highest BCUT2D eigenvalue weighted by Gasteiger charge is 2.10. The van der Waals surface area contributed by atoms with E-state index in [1.807, 2.05) is 11.8 Å². The molecule has 114 valence electrons. The molecular weight excluding hydrogens is 266 g/mol. The molecule has 0 saturated carbocycles. The van der Waals surface area contributed by atoms with E-state index in [-0.39, 0.29) is 0 Å². The first-order valence-electron chi connectivity index (χ1n) is 7.70. The Kier molecular flexibility index (Phi) is 9.81. The van der Waals surface area contributed by atoms with Crippen LogP contribution in [0.25, 0.3) is 0 Å². The average Bonchev–Trinajstić information content (AvgIpc) is 2.50. The van der Waals surface area contributed by atoms with Crippen LogP contribution in [-0.2, 0) is 11.2 Å². The van der Waals surface area contributed by atoms with Crippen LogP contribution < -0.4 is 5.32 Å². The number of nitrogens with one attached hydrogen (secondary N) is 1. The van der Waals surface area contributed by atoms with Crippen molar-refractivity contribution in [1.29, 1.82) is 0 Å². The van der Waals surface area contributed by atoms with Gasteiger partial charge >= 0.3 is 0 Å². The van der Waals surface area contributed by atoms with Gasteiger partial charge in [-0.05, 0) is 42.7 Å². The molecule has 1 aromatic rings. The van der Waals surface area contributed by atoms with Gasteiger partial charge in [-0.25, -0.2) is 0 Å². The van der Waals surface area contributed by atoms with Gasteiger partial charge in [-0.1, -0.05) is 38.1 Å². The summed E-state index contributed by atoms with van der Waals surface area (Å²) in [6, 6.07) is 9.54. The number of hydrogen-bond donors (Lipinski definition) is 1. The van der Waals surface area contributed by atoms with Crippen LogP contribution in [0.2, 0.25) is 0 Å². The number of hydrogen-bond acceptors (Lipinski definition) is 3. The molecule has 0 aliphatic rings. The smallest absolute Gasteiger partial charge is 0.0470 e. The molecule has 0 fully saturated rings. The van der Waals surface area contributed by atoms with Crippen LogP contribution in [0, 0.1) is 0 Å². The summed E-state index contributed by atoms with van der Waals surface area (Å²) >= 11 is 2.01. The van der Waals surface area contributed by atoms with Crippen LogP contribution >= 0.6 is 11.8 Å². The van der Waals surface area contributed by atoms with Gasteiger partial charge in [0.15, 0.2) is 0 Å². The third-order valence-electron chi connectivity index (χ3n) is 3.35. The molecule has 0 amide bonds. The first kappa shape index (κ1) is 17.5. The van der Waals surface area contributed by atoms with Crippen molar-refractivity contribution < 1.29 is 4.74 Å². The lowest BCUT2D eigenvalue weighted by atomic mass is 10.0. The zero-order valence-electron chi connectivity index (χ0n) is 13.2. The first-order chi connectivity index (χ1) is 9.81. The normalized spacial score (nSPS) is 12.6. The molecule has 0 aromatic heterocycles. The van der Waals surface area contributed by atoms with E-state index in [4.69, 9.17) is 4.74 Å². The van der Waals surface area contributed by atoms with Crippen LogP contribution in [0.1, 0.15) is 43.9 Å². The predicted molar refractivity (Wildman–Crippen MR) is 90.7 cm³/mol. The maximum Gasteiger partial charge on any atom is 0.0470 e. The Hall–Kier alpha value is -0.510. The van der Waals surface area contributed by atoms with Gasteiger partial charge in [-0.2, -0.15) is 11.8 Å². The number of aryl methyl sites for hydroxylation is 1. The van der Waals surface area contributed by atoms with E-state index in [1.165, 1.54) is 23.3 Å². The largest absolute Gasteiger partial charge is 0.385 e. The van der Waals surface area contributed by atoms with Crippen LogP contribution in [0.3, 0.4) is 0 Å². The maximum absolute atomic E-state index is 5.09. The molecule has 0 saturated heterocycles. The Bertz CT molecular complexity index is 339. The summed E-state index contributed by atoms with van der Waals surface area (Å²) in [7, 11) is 1.77. The Balaban J connectivity index is 2.48. The fourth-order valence-electron chi connectivity index (χ4n) is 2.08. The monoisotopic (exact) mass is 295 g/mol. The number of benzene rings is 1. The summed E-state index contributed by atoms with van der Waals surface area (Å²) in [5.41, 5.74) is 2.82. The number of rotatable bonds is 11. The van der Waals surface area contributed by atoms with Crippen molar-refractivity contribution >= 4 is 11.8 Å². The fourth-order valence-corrected chi connectivity index (χ4v) is 3.12. The Morgan fingerprint density at radius 3 is 2.55 bits per heavy atom. The van der Waals surface area contributed by atoms with Crippen LogP contribution in [0.15, 0.2) is 24.3 Å². The van der Waals surface area contributed by atoms with E-state index in [0.29, 0.717) is 6.04 Å².